The van der Waals surface area contributed by atoms with E-state index in [1.807, 2.05) is 6.07 Å². The van der Waals surface area contributed by atoms with E-state index in [-0.39, 0.29) is 0 Å². The number of aromatic nitrogens is 1. The number of benzene rings is 1. The first kappa shape index (κ1) is 7.13. The van der Waals surface area contributed by atoms with Crippen molar-refractivity contribution in [3.05, 3.63) is 27.8 Å². The van der Waals surface area contributed by atoms with Gasteiger partial charge in [-0.15, -0.1) is 0 Å². The monoisotopic (exact) mass is 231 g/mol. The summed E-state index contributed by atoms with van der Waals surface area (Å²) in [5.74, 6) is 0. The molecule has 0 spiro atoms. The zero-order chi connectivity index (χ0) is 7.84. The van der Waals surface area contributed by atoms with Crippen LogP contribution in [0.3, 0.4) is 0 Å². The van der Waals surface area contributed by atoms with Crippen molar-refractivity contribution in [2.24, 2.45) is 0 Å². The molecule has 0 aliphatic rings. The van der Waals surface area contributed by atoms with Crippen LogP contribution in [0.4, 0.5) is 0 Å². The van der Waals surface area contributed by atoms with Gasteiger partial charge in [0, 0.05) is 9.86 Å². The lowest BCUT2D eigenvalue weighted by molar-refractivity contribution is 0.456. The summed E-state index contributed by atoms with van der Waals surface area (Å²) in [6, 6.07) is 3.67. The minimum absolute atomic E-state index is 0.576. The number of nitrogens with zero attached hydrogens (tertiary/aromatic N) is 1. The number of hydrogen-bond acceptors (Lipinski definition) is 2. The van der Waals surface area contributed by atoms with Crippen molar-refractivity contribution < 1.29 is 4.52 Å². The summed E-state index contributed by atoms with van der Waals surface area (Å²) in [6.07, 6.45) is 1.63. The molecule has 56 valence electrons. The van der Waals surface area contributed by atoms with Crippen LogP contribution in [0.25, 0.3) is 11.0 Å². The topological polar surface area (TPSA) is 26.0 Å². The van der Waals surface area contributed by atoms with E-state index >= 15 is 0 Å². The molecule has 0 saturated carbocycles. The van der Waals surface area contributed by atoms with Gasteiger partial charge in [0.05, 0.1) is 11.2 Å². The van der Waals surface area contributed by atoms with E-state index in [2.05, 4.69) is 21.1 Å². The molecule has 1 heterocycles. The maximum Gasteiger partial charge on any atom is 0.185 e. The van der Waals surface area contributed by atoms with Gasteiger partial charge >= 0.3 is 0 Å². The van der Waals surface area contributed by atoms with E-state index in [0.29, 0.717) is 10.6 Å². The Bertz CT molecular complexity index is 398. The van der Waals surface area contributed by atoms with Crippen LogP contribution in [-0.2, 0) is 0 Å². The van der Waals surface area contributed by atoms with E-state index < -0.39 is 0 Å². The molecule has 0 bridgehead atoms. The summed E-state index contributed by atoms with van der Waals surface area (Å²) in [5, 5.41) is 5.11. The first-order valence-corrected chi connectivity index (χ1v) is 4.14. The predicted octanol–water partition coefficient (Wildman–Crippen LogP) is 3.24. The van der Waals surface area contributed by atoms with Crippen molar-refractivity contribution in [1.29, 1.82) is 0 Å². The van der Waals surface area contributed by atoms with E-state index in [1.165, 1.54) is 0 Å². The summed E-state index contributed by atoms with van der Waals surface area (Å²) in [5.41, 5.74) is 0.634. The molecule has 2 nitrogen and oxygen atoms in total. The highest BCUT2D eigenvalue weighted by Crippen LogP contribution is 2.27. The quantitative estimate of drug-likeness (QED) is 0.697. The third-order valence-corrected chi connectivity index (χ3v) is 2.11. The third-order valence-electron chi connectivity index (χ3n) is 1.37. The van der Waals surface area contributed by atoms with Crippen molar-refractivity contribution in [2.75, 3.05) is 0 Å². The lowest BCUT2D eigenvalue weighted by atomic mass is 10.3. The Morgan fingerprint density at radius 1 is 1.45 bits per heavy atom. The van der Waals surface area contributed by atoms with Gasteiger partial charge in [-0.25, -0.2) is 0 Å². The fourth-order valence-electron chi connectivity index (χ4n) is 0.908. The average molecular weight is 232 g/mol. The summed E-state index contributed by atoms with van der Waals surface area (Å²) in [6.45, 7) is 0. The molecular weight excluding hydrogens is 229 g/mol. The summed E-state index contributed by atoms with van der Waals surface area (Å²) < 4.78 is 5.83. The van der Waals surface area contributed by atoms with Gasteiger partial charge in [-0.1, -0.05) is 32.7 Å². The predicted molar refractivity (Wildman–Crippen MR) is 46.7 cm³/mol. The number of halogens is 2. The molecule has 4 heteroatoms. The molecule has 1 aromatic carbocycles. The molecule has 2 aromatic rings. The molecule has 2 rings (SSSR count). The Kier molecular flexibility index (Phi) is 1.62. The van der Waals surface area contributed by atoms with Crippen LogP contribution in [0, 0.1) is 0 Å². The third kappa shape index (κ3) is 1.14. The van der Waals surface area contributed by atoms with Gasteiger partial charge < -0.3 is 4.52 Å². The molecule has 0 atom stereocenters. The fraction of sp³-hybridized carbons (Fsp3) is 0. The zero-order valence-corrected chi connectivity index (χ0v) is 7.69. The lowest BCUT2D eigenvalue weighted by Crippen LogP contribution is -1.67. The van der Waals surface area contributed by atoms with Gasteiger partial charge in [-0.3, -0.25) is 0 Å². The van der Waals surface area contributed by atoms with Crippen LogP contribution >= 0.6 is 27.5 Å². The molecule has 0 N–H and O–H groups in total. The second-order valence-electron chi connectivity index (χ2n) is 2.13. The second-order valence-corrected chi connectivity index (χ2v) is 3.45. The summed E-state index contributed by atoms with van der Waals surface area (Å²) in [4.78, 5) is 0. The van der Waals surface area contributed by atoms with Crippen molar-refractivity contribution in [3.63, 3.8) is 0 Å². The standard InChI is InChI=1S/C7H3BrClNO/c8-5-1-4-3-10-11-7(4)6(9)2-5/h1-3H. The lowest BCUT2D eigenvalue weighted by Gasteiger charge is -1.91. The summed E-state index contributed by atoms with van der Waals surface area (Å²) in [7, 11) is 0. The van der Waals surface area contributed by atoms with E-state index in [9.17, 15) is 0 Å². The molecule has 1 aromatic heterocycles. The van der Waals surface area contributed by atoms with E-state index in [4.69, 9.17) is 16.1 Å². The van der Waals surface area contributed by atoms with Crippen LogP contribution in [0.2, 0.25) is 5.02 Å². The minimum atomic E-state index is 0.576. The van der Waals surface area contributed by atoms with Crippen molar-refractivity contribution in [1.82, 2.24) is 5.16 Å². The SMILES string of the molecule is Clc1cc(Br)cc2cnoc12. The fourth-order valence-corrected chi connectivity index (χ4v) is 1.78. The Hall–Kier alpha value is -0.540. The molecule has 0 unspecified atom stereocenters. The molecule has 11 heavy (non-hydrogen) atoms. The first-order chi connectivity index (χ1) is 5.27. The molecule has 0 radical (unpaired) electrons. The van der Waals surface area contributed by atoms with Crippen LogP contribution < -0.4 is 0 Å². The Balaban J connectivity index is 2.91. The smallest absolute Gasteiger partial charge is 0.185 e. The number of rotatable bonds is 0. The molecule has 0 aliphatic carbocycles. The normalized spacial score (nSPS) is 10.7. The minimum Gasteiger partial charge on any atom is -0.355 e. The summed E-state index contributed by atoms with van der Waals surface area (Å²) >= 11 is 9.15. The molecular formula is C7H3BrClNO. The molecule has 0 saturated heterocycles. The van der Waals surface area contributed by atoms with Crippen LogP contribution in [0.1, 0.15) is 0 Å². The van der Waals surface area contributed by atoms with E-state index in [1.54, 1.807) is 12.3 Å². The highest BCUT2D eigenvalue weighted by Gasteiger charge is 2.03. The maximum atomic E-state index is 5.84. The Morgan fingerprint density at radius 2 is 2.27 bits per heavy atom. The second kappa shape index (κ2) is 2.50. The Labute approximate surface area is 76.2 Å². The number of fused-ring (bicyclic) bond motifs is 1. The van der Waals surface area contributed by atoms with Crippen LogP contribution in [-0.4, -0.2) is 5.16 Å². The Morgan fingerprint density at radius 3 is 3.09 bits per heavy atom. The first-order valence-electron chi connectivity index (χ1n) is 2.97. The van der Waals surface area contributed by atoms with Crippen LogP contribution in [0.5, 0.6) is 0 Å². The largest absolute Gasteiger partial charge is 0.355 e. The highest BCUT2D eigenvalue weighted by molar-refractivity contribution is 9.10. The average Bonchev–Trinajstić information content (AvgIpc) is 2.34. The van der Waals surface area contributed by atoms with E-state index in [0.717, 1.165) is 9.86 Å². The van der Waals surface area contributed by atoms with Gasteiger partial charge in [0.1, 0.15) is 0 Å². The maximum absolute atomic E-state index is 5.84. The molecule has 0 amide bonds. The van der Waals surface area contributed by atoms with Crippen molar-refractivity contribution in [3.8, 4) is 0 Å². The highest BCUT2D eigenvalue weighted by atomic mass is 79.9. The molecule has 0 aliphatic heterocycles. The van der Waals surface area contributed by atoms with Gasteiger partial charge in [-0.2, -0.15) is 0 Å². The van der Waals surface area contributed by atoms with Crippen LogP contribution in [0.15, 0.2) is 27.3 Å². The van der Waals surface area contributed by atoms with Crippen molar-refractivity contribution in [2.45, 2.75) is 0 Å². The number of hydrogen-bond donors (Lipinski definition) is 0. The molecule has 0 fully saturated rings. The zero-order valence-electron chi connectivity index (χ0n) is 5.34. The van der Waals surface area contributed by atoms with Gasteiger partial charge in [0.15, 0.2) is 5.58 Å². The van der Waals surface area contributed by atoms with Gasteiger partial charge in [-0.05, 0) is 12.1 Å². The van der Waals surface area contributed by atoms with Gasteiger partial charge in [0.25, 0.3) is 0 Å². The van der Waals surface area contributed by atoms with Gasteiger partial charge in [0.2, 0.25) is 0 Å². The van der Waals surface area contributed by atoms with Crippen molar-refractivity contribution >= 4 is 38.5 Å².